The minimum Gasteiger partial charge on any atom is -0.508 e. The molecule has 0 unspecified atom stereocenters. The lowest BCUT2D eigenvalue weighted by Crippen LogP contribution is -2.25. The van der Waals surface area contributed by atoms with Crippen LogP contribution >= 0.6 is 0 Å². The maximum absolute atomic E-state index is 9.27. The molecule has 0 heterocycles. The second-order valence-electron chi connectivity index (χ2n) is 4.21. The van der Waals surface area contributed by atoms with Gasteiger partial charge in [0.1, 0.15) is 5.75 Å². The zero-order valence-electron chi connectivity index (χ0n) is 10.4. The summed E-state index contributed by atoms with van der Waals surface area (Å²) < 4.78 is 0. The molecule has 0 fully saturated rings. The summed E-state index contributed by atoms with van der Waals surface area (Å²) in [5, 5.41) is 9.27. The van der Waals surface area contributed by atoms with E-state index in [0.717, 1.165) is 13.1 Å². The second-order valence-corrected chi connectivity index (χ2v) is 4.21. The number of rotatable bonds is 7. The van der Waals surface area contributed by atoms with Crippen molar-refractivity contribution in [3.63, 3.8) is 0 Å². The van der Waals surface area contributed by atoms with E-state index in [-0.39, 0.29) is 0 Å². The van der Waals surface area contributed by atoms with Crippen molar-refractivity contribution in [3.8, 4) is 5.75 Å². The van der Waals surface area contributed by atoms with Crippen LogP contribution in [0, 0.1) is 0 Å². The number of benzene rings is 1. The molecule has 0 aliphatic heterocycles. The molecular weight excluding hydrogens is 198 g/mol. The number of unbranched alkanes of at least 4 members (excludes halogenated alkanes) is 2. The summed E-state index contributed by atoms with van der Waals surface area (Å²) in [5.41, 5.74) is 1.22. The fraction of sp³-hybridized carbons (Fsp3) is 0.571. The lowest BCUT2D eigenvalue weighted by Gasteiger charge is -2.24. The minimum absolute atomic E-state index is 0.342. The van der Waals surface area contributed by atoms with Crippen molar-refractivity contribution in [1.82, 2.24) is 0 Å². The van der Waals surface area contributed by atoms with E-state index >= 15 is 0 Å². The van der Waals surface area contributed by atoms with Crippen LogP contribution in [0.25, 0.3) is 0 Å². The molecule has 1 rings (SSSR count). The topological polar surface area (TPSA) is 23.5 Å². The third kappa shape index (κ3) is 4.13. The van der Waals surface area contributed by atoms with Crippen LogP contribution in [-0.4, -0.2) is 18.2 Å². The van der Waals surface area contributed by atoms with Gasteiger partial charge in [0.05, 0.1) is 0 Å². The lowest BCUT2D eigenvalue weighted by molar-refractivity contribution is 0.475. The summed E-state index contributed by atoms with van der Waals surface area (Å²) >= 11 is 0. The van der Waals surface area contributed by atoms with Gasteiger partial charge in [-0.3, -0.25) is 0 Å². The molecule has 0 saturated heterocycles. The van der Waals surface area contributed by atoms with Crippen LogP contribution in [-0.2, 0) is 0 Å². The first-order valence-electron chi connectivity index (χ1n) is 6.32. The summed E-state index contributed by atoms with van der Waals surface area (Å²) in [6.45, 7) is 6.66. The molecule has 0 spiro atoms. The number of hydrogen-bond donors (Lipinski definition) is 1. The predicted octanol–water partition coefficient (Wildman–Crippen LogP) is 3.80. The van der Waals surface area contributed by atoms with Crippen LogP contribution < -0.4 is 4.90 Å². The molecule has 0 bridgehead atoms. The Morgan fingerprint density at radius 3 is 1.88 bits per heavy atom. The van der Waals surface area contributed by atoms with Crippen molar-refractivity contribution in [2.24, 2.45) is 0 Å². The molecule has 1 aromatic carbocycles. The van der Waals surface area contributed by atoms with Gasteiger partial charge >= 0.3 is 0 Å². The van der Waals surface area contributed by atoms with Crippen LogP contribution in [0.1, 0.15) is 39.5 Å². The van der Waals surface area contributed by atoms with Gasteiger partial charge in [-0.2, -0.15) is 0 Å². The first-order chi connectivity index (χ1) is 7.77. The molecule has 2 heteroatoms. The summed E-state index contributed by atoms with van der Waals surface area (Å²) in [6.07, 6.45) is 4.90. The van der Waals surface area contributed by atoms with Crippen LogP contribution in [0.4, 0.5) is 5.69 Å². The molecule has 0 aliphatic carbocycles. The van der Waals surface area contributed by atoms with Crippen molar-refractivity contribution < 1.29 is 5.11 Å². The molecule has 0 amide bonds. The predicted molar refractivity (Wildman–Crippen MR) is 70.1 cm³/mol. The van der Waals surface area contributed by atoms with Gasteiger partial charge in [-0.05, 0) is 37.1 Å². The highest BCUT2D eigenvalue weighted by Gasteiger charge is 2.04. The van der Waals surface area contributed by atoms with E-state index in [0.29, 0.717) is 5.75 Å². The molecule has 0 aromatic heterocycles. The standard InChI is InChI=1S/C14H23NO/c1-3-5-11-15(12-6-4-2)13-7-9-14(16)10-8-13/h7-10,16H,3-6,11-12H2,1-2H3. The maximum atomic E-state index is 9.27. The second kappa shape index (κ2) is 7.15. The highest BCUT2D eigenvalue weighted by molar-refractivity contribution is 5.48. The Balaban J connectivity index is 2.62. The van der Waals surface area contributed by atoms with Gasteiger partial charge in [0, 0.05) is 18.8 Å². The van der Waals surface area contributed by atoms with E-state index in [1.165, 1.54) is 31.4 Å². The van der Waals surface area contributed by atoms with Crippen molar-refractivity contribution in [2.75, 3.05) is 18.0 Å². The zero-order valence-corrected chi connectivity index (χ0v) is 10.4. The van der Waals surface area contributed by atoms with Crippen molar-refractivity contribution in [1.29, 1.82) is 0 Å². The van der Waals surface area contributed by atoms with E-state index < -0.39 is 0 Å². The van der Waals surface area contributed by atoms with Crippen LogP contribution in [0.5, 0.6) is 5.75 Å². The average molecular weight is 221 g/mol. The van der Waals surface area contributed by atoms with Gasteiger partial charge < -0.3 is 10.0 Å². The minimum atomic E-state index is 0.342. The van der Waals surface area contributed by atoms with Gasteiger partial charge in [-0.1, -0.05) is 26.7 Å². The molecule has 2 nitrogen and oxygen atoms in total. The lowest BCUT2D eigenvalue weighted by atomic mass is 10.2. The first-order valence-corrected chi connectivity index (χ1v) is 6.32. The molecule has 0 saturated carbocycles. The number of hydrogen-bond acceptors (Lipinski definition) is 2. The molecule has 90 valence electrons. The Hall–Kier alpha value is -1.18. The Morgan fingerprint density at radius 1 is 0.938 bits per heavy atom. The van der Waals surface area contributed by atoms with Crippen LogP contribution in [0.3, 0.4) is 0 Å². The van der Waals surface area contributed by atoms with Crippen molar-refractivity contribution in [3.05, 3.63) is 24.3 Å². The molecule has 0 radical (unpaired) electrons. The molecular formula is C14H23NO. The highest BCUT2D eigenvalue weighted by atomic mass is 16.3. The number of anilines is 1. The Kier molecular flexibility index (Phi) is 5.76. The van der Waals surface area contributed by atoms with Gasteiger partial charge in [0.25, 0.3) is 0 Å². The van der Waals surface area contributed by atoms with E-state index in [2.05, 4.69) is 18.7 Å². The quantitative estimate of drug-likeness (QED) is 0.757. The SMILES string of the molecule is CCCCN(CCCC)c1ccc(O)cc1. The summed E-state index contributed by atoms with van der Waals surface area (Å²) in [5.74, 6) is 0.342. The monoisotopic (exact) mass is 221 g/mol. The summed E-state index contributed by atoms with van der Waals surface area (Å²) in [7, 11) is 0. The smallest absolute Gasteiger partial charge is 0.115 e. The van der Waals surface area contributed by atoms with Crippen LogP contribution in [0.2, 0.25) is 0 Å². The third-order valence-corrected chi connectivity index (χ3v) is 2.78. The van der Waals surface area contributed by atoms with E-state index in [9.17, 15) is 5.11 Å². The number of nitrogens with zero attached hydrogens (tertiary/aromatic N) is 1. The third-order valence-electron chi connectivity index (χ3n) is 2.78. The van der Waals surface area contributed by atoms with Crippen molar-refractivity contribution in [2.45, 2.75) is 39.5 Å². The maximum Gasteiger partial charge on any atom is 0.115 e. The Bertz CT molecular complexity index is 273. The van der Waals surface area contributed by atoms with Crippen LogP contribution in [0.15, 0.2) is 24.3 Å². The number of phenols is 1. The first kappa shape index (κ1) is 12.9. The highest BCUT2D eigenvalue weighted by Crippen LogP contribution is 2.19. The number of aromatic hydroxyl groups is 1. The normalized spacial score (nSPS) is 10.4. The molecule has 0 atom stereocenters. The fourth-order valence-electron chi connectivity index (χ4n) is 1.73. The molecule has 1 aromatic rings. The zero-order chi connectivity index (χ0) is 11.8. The average Bonchev–Trinajstić information content (AvgIpc) is 2.31. The van der Waals surface area contributed by atoms with E-state index in [1.54, 1.807) is 12.1 Å². The van der Waals surface area contributed by atoms with Gasteiger partial charge in [-0.15, -0.1) is 0 Å². The van der Waals surface area contributed by atoms with Gasteiger partial charge in [0.15, 0.2) is 0 Å². The van der Waals surface area contributed by atoms with E-state index in [4.69, 9.17) is 0 Å². The van der Waals surface area contributed by atoms with Gasteiger partial charge in [0.2, 0.25) is 0 Å². The Labute approximate surface area is 98.9 Å². The molecule has 1 N–H and O–H groups in total. The Morgan fingerprint density at radius 2 is 1.44 bits per heavy atom. The molecule has 0 aliphatic rings. The largest absolute Gasteiger partial charge is 0.508 e. The molecule has 16 heavy (non-hydrogen) atoms. The summed E-state index contributed by atoms with van der Waals surface area (Å²) in [6, 6.07) is 7.53. The van der Waals surface area contributed by atoms with Crippen molar-refractivity contribution >= 4 is 5.69 Å². The van der Waals surface area contributed by atoms with E-state index in [1.807, 2.05) is 12.1 Å². The van der Waals surface area contributed by atoms with Gasteiger partial charge in [-0.25, -0.2) is 0 Å². The number of phenolic OH excluding ortho intramolecular Hbond substituents is 1. The fourth-order valence-corrected chi connectivity index (χ4v) is 1.73. The summed E-state index contributed by atoms with van der Waals surface area (Å²) in [4.78, 5) is 2.41.